The third kappa shape index (κ3) is 7.75. The number of aryl methyl sites for hydroxylation is 1. The summed E-state index contributed by atoms with van der Waals surface area (Å²) >= 11 is 12.6. The van der Waals surface area contributed by atoms with E-state index in [4.69, 9.17) is 27.9 Å². The van der Waals surface area contributed by atoms with Crippen LogP contribution < -0.4 is 10.1 Å². The molecule has 3 aromatic carbocycles. The molecule has 0 radical (unpaired) electrons. The van der Waals surface area contributed by atoms with E-state index in [0.717, 1.165) is 36.8 Å². The van der Waals surface area contributed by atoms with Gasteiger partial charge in [0, 0.05) is 29.1 Å². The predicted molar refractivity (Wildman–Crippen MR) is 153 cm³/mol. The van der Waals surface area contributed by atoms with Crippen molar-refractivity contribution in [2.75, 3.05) is 6.61 Å². The number of amides is 2. The van der Waals surface area contributed by atoms with E-state index in [2.05, 4.69) is 5.32 Å². The molecule has 2 amide bonds. The summed E-state index contributed by atoms with van der Waals surface area (Å²) < 4.78 is 5.92. The average molecular weight is 554 g/mol. The van der Waals surface area contributed by atoms with Crippen molar-refractivity contribution < 1.29 is 14.3 Å². The normalized spacial score (nSPS) is 14.5. The van der Waals surface area contributed by atoms with Gasteiger partial charge < -0.3 is 15.0 Å². The number of halogens is 2. The van der Waals surface area contributed by atoms with E-state index in [0.29, 0.717) is 27.8 Å². The van der Waals surface area contributed by atoms with Crippen molar-refractivity contribution in [2.45, 2.75) is 64.1 Å². The standard InChI is InChI=1S/C31H34Cl2N2O3/c1-22-10-8-9-15-29(22)38-21-30(36)35(20-24-16-17-25(32)19-27(24)33)28(18-23-11-4-2-5-12-23)31(37)34-26-13-6-3-7-14-26/h2,4-5,8-12,15-17,19,26,28H,3,6-7,13-14,18,20-21H2,1H3,(H,34,37)/t28-/m1/s1. The van der Waals surface area contributed by atoms with Crippen molar-refractivity contribution in [3.05, 3.63) is 99.5 Å². The smallest absolute Gasteiger partial charge is 0.261 e. The number of hydrogen-bond acceptors (Lipinski definition) is 3. The molecule has 1 saturated carbocycles. The molecule has 1 N–H and O–H groups in total. The topological polar surface area (TPSA) is 58.6 Å². The highest BCUT2D eigenvalue weighted by molar-refractivity contribution is 6.35. The molecule has 1 fully saturated rings. The van der Waals surface area contributed by atoms with Gasteiger partial charge in [-0.15, -0.1) is 0 Å². The third-order valence-electron chi connectivity index (χ3n) is 7.02. The Morgan fingerprint density at radius 3 is 2.39 bits per heavy atom. The number of rotatable bonds is 10. The maximum Gasteiger partial charge on any atom is 0.261 e. The number of ether oxygens (including phenoxy) is 1. The van der Waals surface area contributed by atoms with Crippen molar-refractivity contribution in [3.8, 4) is 5.75 Å². The Bertz CT molecular complexity index is 1230. The second-order valence-electron chi connectivity index (χ2n) is 9.86. The van der Waals surface area contributed by atoms with Crippen LogP contribution in [0.3, 0.4) is 0 Å². The molecule has 38 heavy (non-hydrogen) atoms. The van der Waals surface area contributed by atoms with Crippen LogP contribution in [-0.2, 0) is 22.6 Å². The van der Waals surface area contributed by atoms with Gasteiger partial charge in [-0.2, -0.15) is 0 Å². The molecule has 7 heteroatoms. The summed E-state index contributed by atoms with van der Waals surface area (Å²) in [5, 5.41) is 4.19. The Kier molecular flexibility index (Phi) is 10.1. The van der Waals surface area contributed by atoms with Gasteiger partial charge in [-0.1, -0.05) is 97.1 Å². The fraction of sp³-hybridized carbons (Fsp3) is 0.355. The SMILES string of the molecule is Cc1ccccc1OCC(=O)N(Cc1ccc(Cl)cc1Cl)[C@H](Cc1ccccc1)C(=O)NC1CCCCC1. The van der Waals surface area contributed by atoms with Crippen LogP contribution in [0, 0.1) is 6.92 Å². The second-order valence-corrected chi connectivity index (χ2v) is 10.7. The lowest BCUT2D eigenvalue weighted by atomic mass is 9.94. The van der Waals surface area contributed by atoms with Crippen LogP contribution in [0.15, 0.2) is 72.8 Å². The van der Waals surface area contributed by atoms with Crippen molar-refractivity contribution in [3.63, 3.8) is 0 Å². The summed E-state index contributed by atoms with van der Waals surface area (Å²) in [4.78, 5) is 29.2. The minimum Gasteiger partial charge on any atom is -0.484 e. The highest BCUT2D eigenvalue weighted by Gasteiger charge is 2.32. The molecule has 0 saturated heterocycles. The minimum atomic E-state index is -0.737. The van der Waals surface area contributed by atoms with Crippen LogP contribution in [-0.4, -0.2) is 35.4 Å². The molecule has 0 aromatic heterocycles. The fourth-order valence-electron chi connectivity index (χ4n) is 4.87. The van der Waals surface area contributed by atoms with E-state index in [-0.39, 0.29) is 31.0 Å². The molecule has 1 aliphatic carbocycles. The van der Waals surface area contributed by atoms with Gasteiger partial charge in [-0.3, -0.25) is 9.59 Å². The molecule has 1 atom stereocenters. The van der Waals surface area contributed by atoms with Gasteiger partial charge in [0.15, 0.2) is 6.61 Å². The van der Waals surface area contributed by atoms with Gasteiger partial charge in [0.1, 0.15) is 11.8 Å². The highest BCUT2D eigenvalue weighted by Crippen LogP contribution is 2.25. The third-order valence-corrected chi connectivity index (χ3v) is 7.61. The largest absolute Gasteiger partial charge is 0.484 e. The molecular weight excluding hydrogens is 519 g/mol. The first-order valence-corrected chi connectivity index (χ1v) is 13.9. The highest BCUT2D eigenvalue weighted by atomic mass is 35.5. The Hall–Kier alpha value is -3.02. The fourth-order valence-corrected chi connectivity index (χ4v) is 5.34. The molecule has 4 rings (SSSR count). The molecule has 0 heterocycles. The van der Waals surface area contributed by atoms with Gasteiger partial charge in [0.05, 0.1) is 0 Å². The predicted octanol–water partition coefficient (Wildman–Crippen LogP) is 6.77. The Morgan fingerprint density at radius 2 is 1.68 bits per heavy atom. The van der Waals surface area contributed by atoms with Crippen molar-refractivity contribution >= 4 is 35.0 Å². The number of carbonyl (C=O) groups is 2. The van der Waals surface area contributed by atoms with E-state index in [9.17, 15) is 9.59 Å². The number of carbonyl (C=O) groups excluding carboxylic acids is 2. The maximum absolute atomic E-state index is 13.8. The van der Waals surface area contributed by atoms with Crippen LogP contribution in [0.4, 0.5) is 0 Å². The lowest BCUT2D eigenvalue weighted by Gasteiger charge is -2.33. The number of benzene rings is 3. The maximum atomic E-state index is 13.8. The van der Waals surface area contributed by atoms with Crippen LogP contribution in [0.2, 0.25) is 10.0 Å². The van der Waals surface area contributed by atoms with Crippen LogP contribution in [0.5, 0.6) is 5.75 Å². The van der Waals surface area contributed by atoms with Crippen LogP contribution in [0.25, 0.3) is 0 Å². The monoisotopic (exact) mass is 552 g/mol. The molecule has 3 aromatic rings. The van der Waals surface area contributed by atoms with E-state index in [1.54, 1.807) is 23.1 Å². The first kappa shape index (κ1) is 28.0. The molecule has 200 valence electrons. The quantitative estimate of drug-likeness (QED) is 0.302. The first-order valence-electron chi connectivity index (χ1n) is 13.2. The average Bonchev–Trinajstić information content (AvgIpc) is 2.92. The first-order chi connectivity index (χ1) is 18.4. The van der Waals surface area contributed by atoms with E-state index >= 15 is 0 Å². The summed E-state index contributed by atoms with van der Waals surface area (Å²) in [5.74, 6) is 0.186. The van der Waals surface area contributed by atoms with Crippen LogP contribution >= 0.6 is 23.2 Å². The number of nitrogens with zero attached hydrogens (tertiary/aromatic N) is 1. The van der Waals surface area contributed by atoms with E-state index in [1.807, 2.05) is 61.5 Å². The summed E-state index contributed by atoms with van der Waals surface area (Å²) in [5.41, 5.74) is 2.61. The van der Waals surface area contributed by atoms with E-state index in [1.165, 1.54) is 6.42 Å². The zero-order valence-electron chi connectivity index (χ0n) is 21.7. The zero-order chi connectivity index (χ0) is 26.9. The van der Waals surface area contributed by atoms with Crippen molar-refractivity contribution in [2.24, 2.45) is 0 Å². The van der Waals surface area contributed by atoms with Gasteiger partial charge in [-0.25, -0.2) is 0 Å². The van der Waals surface area contributed by atoms with Gasteiger partial charge >= 0.3 is 0 Å². The Labute approximate surface area is 235 Å². The summed E-state index contributed by atoms with van der Waals surface area (Å²) in [7, 11) is 0. The van der Waals surface area contributed by atoms with Gasteiger partial charge in [0.2, 0.25) is 5.91 Å². The summed E-state index contributed by atoms with van der Waals surface area (Å²) in [6.45, 7) is 1.89. The zero-order valence-corrected chi connectivity index (χ0v) is 23.2. The lowest BCUT2D eigenvalue weighted by molar-refractivity contribution is -0.143. The molecule has 0 bridgehead atoms. The number of para-hydroxylation sites is 1. The molecule has 0 unspecified atom stereocenters. The molecule has 0 aliphatic heterocycles. The molecule has 0 spiro atoms. The van der Waals surface area contributed by atoms with Crippen molar-refractivity contribution in [1.82, 2.24) is 10.2 Å². The summed E-state index contributed by atoms with van der Waals surface area (Å²) in [6, 6.07) is 21.9. The molecule has 1 aliphatic rings. The van der Waals surface area contributed by atoms with Crippen LogP contribution in [0.1, 0.15) is 48.8 Å². The van der Waals surface area contributed by atoms with Gasteiger partial charge in [-0.05, 0) is 54.7 Å². The number of nitrogens with one attached hydrogen (secondary N) is 1. The van der Waals surface area contributed by atoms with E-state index < -0.39 is 6.04 Å². The summed E-state index contributed by atoms with van der Waals surface area (Å²) in [6.07, 6.45) is 5.67. The van der Waals surface area contributed by atoms with Gasteiger partial charge in [0.25, 0.3) is 5.91 Å². The molecular formula is C31H34Cl2N2O3. The Morgan fingerprint density at radius 1 is 0.974 bits per heavy atom. The van der Waals surface area contributed by atoms with Crippen molar-refractivity contribution in [1.29, 1.82) is 0 Å². The second kappa shape index (κ2) is 13.7. The Balaban J connectivity index is 1.64. The molecule has 5 nitrogen and oxygen atoms in total. The number of hydrogen-bond donors (Lipinski definition) is 1. The lowest BCUT2D eigenvalue weighted by Crippen LogP contribution is -2.53. The minimum absolute atomic E-state index is 0.119.